The number of imidazole rings is 1. The van der Waals surface area contributed by atoms with Crippen molar-refractivity contribution in [1.29, 1.82) is 0 Å². The van der Waals surface area contributed by atoms with Gasteiger partial charge in [0.2, 0.25) is 0 Å². The summed E-state index contributed by atoms with van der Waals surface area (Å²) in [5.74, 6) is 1.91. The number of nitrogens with zero attached hydrogens (tertiary/aromatic N) is 1. The lowest BCUT2D eigenvalue weighted by Crippen LogP contribution is -2.12. The molecule has 0 bridgehead atoms. The predicted molar refractivity (Wildman–Crippen MR) is 85.2 cm³/mol. The van der Waals surface area contributed by atoms with Crippen LogP contribution >= 0.6 is 0 Å². The summed E-state index contributed by atoms with van der Waals surface area (Å²) in [6, 6.07) is 6.44. The molecular formula is C17H25N3. The molecule has 1 aromatic carbocycles. The summed E-state index contributed by atoms with van der Waals surface area (Å²) in [5, 5.41) is 3.58. The van der Waals surface area contributed by atoms with Crippen molar-refractivity contribution in [2.45, 2.75) is 51.9 Å². The van der Waals surface area contributed by atoms with Gasteiger partial charge in [-0.3, -0.25) is 0 Å². The minimum Gasteiger partial charge on any atom is -0.385 e. The summed E-state index contributed by atoms with van der Waals surface area (Å²) < 4.78 is 0. The number of H-pyrrole nitrogens is 1. The molecule has 0 amide bonds. The molecule has 0 spiro atoms. The predicted octanol–water partition coefficient (Wildman–Crippen LogP) is 4.46. The van der Waals surface area contributed by atoms with E-state index in [4.69, 9.17) is 0 Å². The Morgan fingerprint density at radius 1 is 1.25 bits per heavy atom. The van der Waals surface area contributed by atoms with Crippen LogP contribution in [-0.4, -0.2) is 16.5 Å². The second-order valence-corrected chi connectivity index (χ2v) is 7.10. The van der Waals surface area contributed by atoms with E-state index >= 15 is 0 Å². The van der Waals surface area contributed by atoms with Crippen molar-refractivity contribution in [2.75, 3.05) is 11.9 Å². The fraction of sp³-hybridized carbons (Fsp3) is 0.588. The molecule has 1 aromatic heterocycles. The largest absolute Gasteiger partial charge is 0.385 e. The zero-order valence-electron chi connectivity index (χ0n) is 12.8. The average molecular weight is 271 g/mol. The smallest absolute Gasteiger partial charge is 0.112 e. The molecule has 0 radical (unpaired) electrons. The molecule has 1 saturated carbocycles. The lowest BCUT2D eigenvalue weighted by molar-refractivity contribution is 0.554. The first-order valence-electron chi connectivity index (χ1n) is 7.76. The molecule has 1 aliphatic carbocycles. The fourth-order valence-corrected chi connectivity index (χ4v) is 2.95. The monoisotopic (exact) mass is 271 g/mol. The van der Waals surface area contributed by atoms with Crippen LogP contribution in [0.5, 0.6) is 0 Å². The van der Waals surface area contributed by atoms with Crippen LogP contribution in [0.1, 0.15) is 52.3 Å². The molecule has 2 N–H and O–H groups in total. The Bertz CT molecular complexity index is 586. The van der Waals surface area contributed by atoms with Crippen LogP contribution in [0.25, 0.3) is 11.0 Å². The van der Waals surface area contributed by atoms with E-state index in [0.29, 0.717) is 0 Å². The maximum Gasteiger partial charge on any atom is 0.112 e. The summed E-state index contributed by atoms with van der Waals surface area (Å²) in [7, 11) is 0. The minimum absolute atomic E-state index is 0.0659. The van der Waals surface area contributed by atoms with Gasteiger partial charge in [0.1, 0.15) is 5.82 Å². The van der Waals surface area contributed by atoms with Crippen LogP contribution in [-0.2, 0) is 5.41 Å². The topological polar surface area (TPSA) is 40.7 Å². The van der Waals surface area contributed by atoms with Gasteiger partial charge in [-0.2, -0.15) is 0 Å². The van der Waals surface area contributed by atoms with E-state index in [9.17, 15) is 0 Å². The van der Waals surface area contributed by atoms with Gasteiger partial charge in [0.05, 0.1) is 11.0 Å². The van der Waals surface area contributed by atoms with E-state index in [1.165, 1.54) is 31.4 Å². The number of rotatable bonds is 3. The molecule has 3 rings (SSSR count). The van der Waals surface area contributed by atoms with Crippen LogP contribution < -0.4 is 5.32 Å². The van der Waals surface area contributed by atoms with Gasteiger partial charge in [-0.05, 0) is 37.0 Å². The first-order chi connectivity index (χ1) is 9.52. The molecular weight excluding hydrogens is 246 g/mol. The van der Waals surface area contributed by atoms with Crippen molar-refractivity contribution in [3.05, 3.63) is 24.0 Å². The summed E-state index contributed by atoms with van der Waals surface area (Å²) in [6.07, 6.45) is 5.57. The highest BCUT2D eigenvalue weighted by Gasteiger charge is 2.18. The van der Waals surface area contributed by atoms with Crippen molar-refractivity contribution in [3.63, 3.8) is 0 Å². The lowest BCUT2D eigenvalue weighted by Gasteiger charge is -2.13. The van der Waals surface area contributed by atoms with E-state index in [0.717, 1.165) is 29.3 Å². The van der Waals surface area contributed by atoms with Gasteiger partial charge in [0.25, 0.3) is 0 Å². The molecule has 0 atom stereocenters. The number of aromatic amines is 1. The Morgan fingerprint density at radius 2 is 2.00 bits per heavy atom. The molecule has 1 heterocycles. The second-order valence-electron chi connectivity index (χ2n) is 7.10. The quantitative estimate of drug-likeness (QED) is 0.865. The number of benzene rings is 1. The Morgan fingerprint density at radius 3 is 2.70 bits per heavy atom. The highest BCUT2D eigenvalue weighted by Crippen LogP contribution is 2.27. The van der Waals surface area contributed by atoms with Crippen LogP contribution in [0.3, 0.4) is 0 Å². The Balaban J connectivity index is 1.76. The third kappa shape index (κ3) is 2.82. The summed E-state index contributed by atoms with van der Waals surface area (Å²) in [6.45, 7) is 7.66. The number of nitrogens with one attached hydrogen (secondary N) is 2. The van der Waals surface area contributed by atoms with E-state index in [1.54, 1.807) is 0 Å². The zero-order valence-corrected chi connectivity index (χ0v) is 12.8. The maximum absolute atomic E-state index is 4.68. The van der Waals surface area contributed by atoms with Crippen LogP contribution in [0.2, 0.25) is 0 Å². The van der Waals surface area contributed by atoms with Crippen molar-refractivity contribution >= 4 is 16.7 Å². The third-order valence-corrected chi connectivity index (χ3v) is 4.26. The highest BCUT2D eigenvalue weighted by molar-refractivity contribution is 5.79. The molecule has 3 nitrogen and oxygen atoms in total. The van der Waals surface area contributed by atoms with Crippen LogP contribution in [0.4, 0.5) is 5.69 Å². The summed E-state index contributed by atoms with van der Waals surface area (Å²) in [4.78, 5) is 8.13. The Hall–Kier alpha value is -1.51. The second kappa shape index (κ2) is 5.12. The Kier molecular flexibility index (Phi) is 3.45. The zero-order chi connectivity index (χ0) is 14.2. The standard InChI is InChI=1S/C17H25N3/c1-17(2,3)16-19-14-9-8-13(10-15(14)20-16)18-11-12-6-4-5-7-12/h8-10,12,18H,4-7,11H2,1-3H3,(H,19,20). The SMILES string of the molecule is CC(C)(C)c1nc2ccc(NCC3CCCC3)cc2[nH]1. The average Bonchev–Trinajstić information content (AvgIpc) is 3.04. The molecule has 0 saturated heterocycles. The first kappa shape index (κ1) is 13.5. The number of aromatic nitrogens is 2. The van der Waals surface area contributed by atoms with E-state index in [1.807, 2.05) is 0 Å². The van der Waals surface area contributed by atoms with E-state index in [-0.39, 0.29) is 5.41 Å². The molecule has 1 fully saturated rings. The molecule has 108 valence electrons. The molecule has 2 aromatic rings. The van der Waals surface area contributed by atoms with Crippen molar-refractivity contribution < 1.29 is 0 Å². The van der Waals surface area contributed by atoms with Gasteiger partial charge < -0.3 is 10.3 Å². The summed E-state index contributed by atoms with van der Waals surface area (Å²) >= 11 is 0. The van der Waals surface area contributed by atoms with E-state index < -0.39 is 0 Å². The molecule has 0 aliphatic heterocycles. The van der Waals surface area contributed by atoms with Gasteiger partial charge in [-0.25, -0.2) is 4.98 Å². The highest BCUT2D eigenvalue weighted by atomic mass is 14.9. The van der Waals surface area contributed by atoms with Gasteiger partial charge in [-0.15, -0.1) is 0 Å². The fourth-order valence-electron chi connectivity index (χ4n) is 2.95. The summed E-state index contributed by atoms with van der Waals surface area (Å²) in [5.41, 5.74) is 3.46. The lowest BCUT2D eigenvalue weighted by atomic mass is 9.96. The molecule has 1 aliphatic rings. The van der Waals surface area contributed by atoms with Crippen LogP contribution in [0.15, 0.2) is 18.2 Å². The number of hydrogen-bond acceptors (Lipinski definition) is 2. The van der Waals surface area contributed by atoms with Gasteiger partial charge in [0, 0.05) is 17.6 Å². The third-order valence-electron chi connectivity index (χ3n) is 4.26. The van der Waals surface area contributed by atoms with Gasteiger partial charge >= 0.3 is 0 Å². The normalized spacial score (nSPS) is 16.9. The van der Waals surface area contributed by atoms with Gasteiger partial charge in [-0.1, -0.05) is 33.6 Å². The number of fused-ring (bicyclic) bond motifs is 1. The first-order valence-corrected chi connectivity index (χ1v) is 7.76. The van der Waals surface area contributed by atoms with Crippen molar-refractivity contribution in [1.82, 2.24) is 9.97 Å². The van der Waals surface area contributed by atoms with E-state index in [2.05, 4.69) is 54.3 Å². The number of anilines is 1. The van der Waals surface area contributed by atoms with Crippen molar-refractivity contribution in [3.8, 4) is 0 Å². The van der Waals surface area contributed by atoms with Crippen LogP contribution in [0, 0.1) is 5.92 Å². The maximum atomic E-state index is 4.68. The van der Waals surface area contributed by atoms with Gasteiger partial charge in [0.15, 0.2) is 0 Å². The van der Waals surface area contributed by atoms with Crippen molar-refractivity contribution in [2.24, 2.45) is 5.92 Å². The molecule has 0 unspecified atom stereocenters. The minimum atomic E-state index is 0.0659. The molecule has 3 heteroatoms. The number of hydrogen-bond donors (Lipinski definition) is 2. The Labute approximate surface area is 121 Å². The molecule has 20 heavy (non-hydrogen) atoms.